The quantitative estimate of drug-likeness (QED) is 0.203. The lowest BCUT2D eigenvalue weighted by Gasteiger charge is -2.15. The fourth-order valence-electron chi connectivity index (χ4n) is 0.939. The number of amidine groups is 1. The molecule has 0 rings (SSSR count). The van der Waals surface area contributed by atoms with Gasteiger partial charge in [-0.3, -0.25) is 0 Å². The maximum atomic E-state index is 9.35. The van der Waals surface area contributed by atoms with Crippen LogP contribution >= 0.6 is 0 Å². The number of aliphatic hydroxyl groups is 1. The summed E-state index contributed by atoms with van der Waals surface area (Å²) in [6, 6.07) is -0.212. The molecule has 5 N–H and O–H groups in total. The van der Waals surface area contributed by atoms with Gasteiger partial charge in [-0.2, -0.15) is 0 Å². The second kappa shape index (κ2) is 6.68. The van der Waals surface area contributed by atoms with Gasteiger partial charge in [-0.25, -0.2) is 0 Å². The summed E-state index contributed by atoms with van der Waals surface area (Å²) in [5.74, 6) is 0.128. The Bertz CT molecular complexity index is 161. The number of nitrogens with zero attached hydrogens (tertiary/aromatic N) is 1. The van der Waals surface area contributed by atoms with Crippen LogP contribution in [0.25, 0.3) is 0 Å². The molecule has 0 aliphatic carbocycles. The SMILES string of the molecule is CCCC(O)CNC(C)C(N)=NO. The van der Waals surface area contributed by atoms with Gasteiger partial charge in [0, 0.05) is 6.54 Å². The van der Waals surface area contributed by atoms with Crippen LogP contribution in [0.15, 0.2) is 5.16 Å². The predicted octanol–water partition coefficient (Wildman–Crippen LogP) is -0.128. The van der Waals surface area contributed by atoms with Gasteiger partial charge in [0.2, 0.25) is 0 Å². The van der Waals surface area contributed by atoms with Crippen molar-refractivity contribution in [2.75, 3.05) is 6.54 Å². The fourth-order valence-corrected chi connectivity index (χ4v) is 0.939. The monoisotopic (exact) mass is 189 g/mol. The van der Waals surface area contributed by atoms with Crippen molar-refractivity contribution < 1.29 is 10.3 Å². The van der Waals surface area contributed by atoms with E-state index in [4.69, 9.17) is 10.9 Å². The van der Waals surface area contributed by atoms with E-state index in [1.807, 2.05) is 6.92 Å². The average molecular weight is 189 g/mol. The van der Waals surface area contributed by atoms with Crippen molar-refractivity contribution in [3.63, 3.8) is 0 Å². The lowest BCUT2D eigenvalue weighted by Crippen LogP contribution is -2.42. The second-order valence-corrected chi connectivity index (χ2v) is 3.10. The number of aliphatic hydroxyl groups excluding tert-OH is 1. The number of nitrogens with one attached hydrogen (secondary N) is 1. The summed E-state index contributed by atoms with van der Waals surface area (Å²) >= 11 is 0. The zero-order valence-electron chi connectivity index (χ0n) is 8.20. The fraction of sp³-hybridized carbons (Fsp3) is 0.875. The molecule has 0 aliphatic rings. The van der Waals surface area contributed by atoms with Gasteiger partial charge in [-0.05, 0) is 13.3 Å². The maximum absolute atomic E-state index is 9.35. The molecule has 0 aromatic carbocycles. The molecule has 0 heterocycles. The highest BCUT2D eigenvalue weighted by atomic mass is 16.4. The van der Waals surface area contributed by atoms with Crippen LogP contribution in [0, 0.1) is 0 Å². The molecule has 0 amide bonds. The van der Waals surface area contributed by atoms with Gasteiger partial charge < -0.3 is 21.4 Å². The van der Waals surface area contributed by atoms with Crippen molar-refractivity contribution in [3.05, 3.63) is 0 Å². The van der Waals surface area contributed by atoms with Crippen LogP contribution in [-0.4, -0.2) is 34.8 Å². The first-order chi connectivity index (χ1) is 6.11. The van der Waals surface area contributed by atoms with E-state index in [-0.39, 0.29) is 18.0 Å². The standard InChI is InChI=1S/C8H19N3O2/c1-3-4-7(12)5-10-6(2)8(9)11-13/h6-7,10,12-13H,3-5H2,1-2H3,(H2,9,11). The van der Waals surface area contributed by atoms with Gasteiger partial charge in [0.25, 0.3) is 0 Å². The highest BCUT2D eigenvalue weighted by Gasteiger charge is 2.08. The van der Waals surface area contributed by atoms with Crippen LogP contribution in [0.2, 0.25) is 0 Å². The maximum Gasteiger partial charge on any atom is 0.156 e. The van der Waals surface area contributed by atoms with E-state index < -0.39 is 0 Å². The molecule has 0 aromatic heterocycles. The Hall–Kier alpha value is -0.810. The summed E-state index contributed by atoms with van der Waals surface area (Å²) in [6.45, 7) is 4.25. The summed E-state index contributed by atoms with van der Waals surface area (Å²) in [5, 5.41) is 23.5. The zero-order valence-corrected chi connectivity index (χ0v) is 8.20. The molecule has 5 nitrogen and oxygen atoms in total. The number of hydrogen-bond donors (Lipinski definition) is 4. The van der Waals surface area contributed by atoms with Gasteiger partial charge in [-0.1, -0.05) is 18.5 Å². The Morgan fingerprint density at radius 2 is 2.23 bits per heavy atom. The molecule has 5 heteroatoms. The van der Waals surface area contributed by atoms with Crippen LogP contribution in [0.4, 0.5) is 0 Å². The normalized spacial score (nSPS) is 17.0. The first kappa shape index (κ1) is 12.2. The van der Waals surface area contributed by atoms with Crippen molar-refractivity contribution >= 4 is 5.84 Å². The van der Waals surface area contributed by atoms with E-state index in [0.29, 0.717) is 6.54 Å². The highest BCUT2D eigenvalue weighted by Crippen LogP contribution is 1.94. The van der Waals surface area contributed by atoms with E-state index in [1.165, 1.54) is 0 Å². The number of nitrogens with two attached hydrogens (primary N) is 1. The van der Waals surface area contributed by atoms with E-state index in [1.54, 1.807) is 6.92 Å². The van der Waals surface area contributed by atoms with Crippen LogP contribution < -0.4 is 11.1 Å². The molecule has 0 aromatic rings. The summed E-state index contributed by atoms with van der Waals surface area (Å²) in [7, 11) is 0. The Balaban J connectivity index is 3.63. The third-order valence-electron chi connectivity index (χ3n) is 1.84. The van der Waals surface area contributed by atoms with E-state index in [9.17, 15) is 5.11 Å². The summed E-state index contributed by atoms with van der Waals surface area (Å²) in [6.07, 6.45) is 1.34. The average Bonchev–Trinajstić information content (AvgIpc) is 2.13. The molecular formula is C8H19N3O2. The van der Waals surface area contributed by atoms with Gasteiger partial charge in [0.1, 0.15) is 0 Å². The van der Waals surface area contributed by atoms with Gasteiger partial charge in [0.15, 0.2) is 5.84 Å². The molecule has 0 spiro atoms. The third-order valence-corrected chi connectivity index (χ3v) is 1.84. The van der Waals surface area contributed by atoms with Gasteiger partial charge in [-0.15, -0.1) is 0 Å². The highest BCUT2D eigenvalue weighted by molar-refractivity contribution is 5.84. The van der Waals surface area contributed by atoms with Crippen LogP contribution in [0.1, 0.15) is 26.7 Å². The first-order valence-corrected chi connectivity index (χ1v) is 4.50. The lowest BCUT2D eigenvalue weighted by atomic mass is 10.2. The topological polar surface area (TPSA) is 90.9 Å². The second-order valence-electron chi connectivity index (χ2n) is 3.10. The largest absolute Gasteiger partial charge is 0.409 e. The Labute approximate surface area is 78.6 Å². The lowest BCUT2D eigenvalue weighted by molar-refractivity contribution is 0.159. The van der Waals surface area contributed by atoms with E-state index >= 15 is 0 Å². The molecule has 2 atom stereocenters. The molecule has 2 unspecified atom stereocenters. The Morgan fingerprint density at radius 3 is 2.69 bits per heavy atom. The Morgan fingerprint density at radius 1 is 1.62 bits per heavy atom. The zero-order chi connectivity index (χ0) is 10.3. The number of rotatable bonds is 6. The molecule has 0 radical (unpaired) electrons. The molecule has 0 fully saturated rings. The first-order valence-electron chi connectivity index (χ1n) is 4.50. The van der Waals surface area contributed by atoms with Gasteiger partial charge >= 0.3 is 0 Å². The molecule has 78 valence electrons. The smallest absolute Gasteiger partial charge is 0.156 e. The van der Waals surface area contributed by atoms with Crippen LogP contribution in [0.5, 0.6) is 0 Å². The Kier molecular flexibility index (Phi) is 6.26. The summed E-state index contributed by atoms with van der Waals surface area (Å²) in [4.78, 5) is 0. The summed E-state index contributed by atoms with van der Waals surface area (Å²) in [5.41, 5.74) is 5.33. The number of oxime groups is 1. The minimum absolute atomic E-state index is 0.128. The van der Waals surface area contributed by atoms with Crippen molar-refractivity contribution in [1.82, 2.24) is 5.32 Å². The van der Waals surface area contributed by atoms with Crippen molar-refractivity contribution in [3.8, 4) is 0 Å². The van der Waals surface area contributed by atoms with Crippen LogP contribution in [-0.2, 0) is 0 Å². The van der Waals surface area contributed by atoms with E-state index in [2.05, 4.69) is 10.5 Å². The minimum atomic E-state index is -0.362. The molecule has 0 saturated carbocycles. The van der Waals surface area contributed by atoms with E-state index in [0.717, 1.165) is 12.8 Å². The molecular weight excluding hydrogens is 170 g/mol. The molecule has 0 bridgehead atoms. The third kappa shape index (κ3) is 5.43. The molecule has 0 aliphatic heterocycles. The predicted molar refractivity (Wildman–Crippen MR) is 51.8 cm³/mol. The summed E-state index contributed by atoms with van der Waals surface area (Å²) < 4.78 is 0. The van der Waals surface area contributed by atoms with Gasteiger partial charge in [0.05, 0.1) is 12.1 Å². The minimum Gasteiger partial charge on any atom is -0.409 e. The number of hydrogen-bond acceptors (Lipinski definition) is 4. The molecule has 0 saturated heterocycles. The van der Waals surface area contributed by atoms with Crippen molar-refractivity contribution in [1.29, 1.82) is 0 Å². The molecule has 13 heavy (non-hydrogen) atoms. The van der Waals surface area contributed by atoms with Crippen molar-refractivity contribution in [2.45, 2.75) is 38.8 Å². The van der Waals surface area contributed by atoms with Crippen molar-refractivity contribution in [2.24, 2.45) is 10.9 Å². The van der Waals surface area contributed by atoms with Crippen LogP contribution in [0.3, 0.4) is 0 Å².